The Hall–Kier alpha value is -1.05. The Morgan fingerprint density at radius 2 is 2.36 bits per heavy atom. The van der Waals surface area contributed by atoms with Crippen molar-refractivity contribution in [2.24, 2.45) is 0 Å². The van der Waals surface area contributed by atoms with Crippen LogP contribution in [-0.2, 0) is 0 Å². The van der Waals surface area contributed by atoms with Gasteiger partial charge in [-0.05, 0) is 41.1 Å². The molecule has 0 radical (unpaired) electrons. The molecular formula is C10H11BrN2O. The lowest BCUT2D eigenvalue weighted by atomic mass is 10.2. The van der Waals surface area contributed by atoms with Gasteiger partial charge in [0.25, 0.3) is 0 Å². The highest BCUT2D eigenvalue weighted by Crippen LogP contribution is 2.20. The molecule has 0 spiro atoms. The maximum Gasteiger partial charge on any atom is 0.100 e. The Bertz CT molecular complexity index is 358. The molecule has 0 amide bonds. The van der Waals surface area contributed by atoms with Crippen molar-refractivity contribution in [2.45, 2.75) is 13.0 Å². The van der Waals surface area contributed by atoms with E-state index in [9.17, 15) is 0 Å². The number of nitrogens with one attached hydrogen (secondary N) is 1. The molecule has 14 heavy (non-hydrogen) atoms. The molecule has 4 heteroatoms. The van der Waals surface area contributed by atoms with E-state index in [4.69, 9.17) is 10.4 Å². The number of rotatable bonds is 3. The van der Waals surface area contributed by atoms with Crippen LogP contribution in [0.3, 0.4) is 0 Å². The van der Waals surface area contributed by atoms with Crippen LogP contribution in [0.25, 0.3) is 0 Å². The molecule has 2 N–H and O–H groups in total. The quantitative estimate of drug-likeness (QED) is 0.869. The Morgan fingerprint density at radius 3 is 2.86 bits per heavy atom. The predicted octanol–water partition coefficient (Wildman–Crippen LogP) is 2.11. The van der Waals surface area contributed by atoms with Crippen molar-refractivity contribution in [3.63, 3.8) is 0 Å². The average Bonchev–Trinajstić information content (AvgIpc) is 2.15. The maximum atomic E-state index is 9.06. The third-order valence-corrected chi connectivity index (χ3v) is 2.35. The van der Waals surface area contributed by atoms with Gasteiger partial charge in [0.2, 0.25) is 0 Å². The first-order chi connectivity index (χ1) is 6.63. The molecule has 0 aromatic heterocycles. The monoisotopic (exact) mass is 254 g/mol. The number of halogens is 1. The normalized spacial score (nSPS) is 11.9. The van der Waals surface area contributed by atoms with E-state index >= 15 is 0 Å². The summed E-state index contributed by atoms with van der Waals surface area (Å²) in [5.74, 6) is 0. The zero-order valence-electron chi connectivity index (χ0n) is 7.79. The molecule has 0 saturated heterocycles. The molecule has 0 fully saturated rings. The zero-order valence-corrected chi connectivity index (χ0v) is 9.37. The van der Waals surface area contributed by atoms with Gasteiger partial charge in [-0.1, -0.05) is 0 Å². The molecule has 1 atom stereocenters. The molecule has 3 nitrogen and oxygen atoms in total. The molecule has 0 saturated carbocycles. The molecule has 0 heterocycles. The van der Waals surface area contributed by atoms with Gasteiger partial charge in [-0.25, -0.2) is 0 Å². The van der Waals surface area contributed by atoms with Crippen LogP contribution in [0, 0.1) is 11.3 Å². The molecule has 0 aliphatic carbocycles. The summed E-state index contributed by atoms with van der Waals surface area (Å²) in [5.41, 5.74) is 1.49. The van der Waals surface area contributed by atoms with Crippen molar-refractivity contribution in [1.29, 1.82) is 5.26 Å². The minimum absolute atomic E-state index is 0.385. The van der Waals surface area contributed by atoms with Gasteiger partial charge in [-0.3, -0.25) is 0 Å². The second kappa shape index (κ2) is 4.99. The van der Waals surface area contributed by atoms with Crippen molar-refractivity contribution in [1.82, 2.24) is 0 Å². The first-order valence-electron chi connectivity index (χ1n) is 4.25. The molecule has 1 rings (SSSR count). The predicted molar refractivity (Wildman–Crippen MR) is 59.0 cm³/mol. The first kappa shape index (κ1) is 11.0. The smallest absolute Gasteiger partial charge is 0.100 e. The van der Waals surface area contributed by atoms with E-state index in [1.54, 1.807) is 13.0 Å². The number of hydrogen-bond donors (Lipinski definition) is 2. The van der Waals surface area contributed by atoms with E-state index in [-0.39, 0.29) is 6.10 Å². The SMILES string of the molecule is CC(O)CNc1ccc(C#N)c(Br)c1. The van der Waals surface area contributed by atoms with Gasteiger partial charge in [0, 0.05) is 16.7 Å². The fourth-order valence-corrected chi connectivity index (χ4v) is 1.45. The number of hydrogen-bond acceptors (Lipinski definition) is 3. The van der Waals surface area contributed by atoms with Crippen LogP contribution in [0.2, 0.25) is 0 Å². The van der Waals surface area contributed by atoms with Gasteiger partial charge >= 0.3 is 0 Å². The van der Waals surface area contributed by atoms with E-state index < -0.39 is 0 Å². The summed E-state index contributed by atoms with van der Waals surface area (Å²) in [6.07, 6.45) is -0.385. The highest BCUT2D eigenvalue weighted by atomic mass is 79.9. The van der Waals surface area contributed by atoms with Gasteiger partial charge < -0.3 is 10.4 Å². The molecular weight excluding hydrogens is 244 g/mol. The van der Waals surface area contributed by atoms with Crippen LogP contribution in [0.5, 0.6) is 0 Å². The summed E-state index contributed by atoms with van der Waals surface area (Å²) in [6, 6.07) is 7.43. The van der Waals surface area contributed by atoms with Gasteiger partial charge in [0.15, 0.2) is 0 Å². The fraction of sp³-hybridized carbons (Fsp3) is 0.300. The van der Waals surface area contributed by atoms with Crippen molar-refractivity contribution in [3.8, 4) is 6.07 Å². The first-order valence-corrected chi connectivity index (χ1v) is 5.04. The van der Waals surface area contributed by atoms with Crippen LogP contribution < -0.4 is 5.32 Å². The number of nitriles is 1. The van der Waals surface area contributed by atoms with Crippen molar-refractivity contribution >= 4 is 21.6 Å². The molecule has 1 aromatic carbocycles. The summed E-state index contributed by atoms with van der Waals surface area (Å²) in [4.78, 5) is 0. The van der Waals surface area contributed by atoms with E-state index in [2.05, 4.69) is 27.3 Å². The third kappa shape index (κ3) is 3.02. The lowest BCUT2D eigenvalue weighted by Gasteiger charge is -2.08. The standard InChI is InChI=1S/C10H11BrN2O/c1-7(14)6-13-9-3-2-8(5-12)10(11)4-9/h2-4,7,13-14H,6H2,1H3. The van der Waals surface area contributed by atoms with E-state index in [0.29, 0.717) is 12.1 Å². The number of benzene rings is 1. The van der Waals surface area contributed by atoms with Crippen molar-refractivity contribution < 1.29 is 5.11 Å². The van der Waals surface area contributed by atoms with Crippen molar-refractivity contribution in [3.05, 3.63) is 28.2 Å². The minimum atomic E-state index is -0.385. The Morgan fingerprint density at radius 1 is 1.64 bits per heavy atom. The van der Waals surface area contributed by atoms with E-state index in [1.165, 1.54) is 0 Å². The summed E-state index contributed by atoms with van der Waals surface area (Å²) in [5, 5.41) is 20.8. The van der Waals surface area contributed by atoms with Crippen LogP contribution in [0.4, 0.5) is 5.69 Å². The molecule has 0 bridgehead atoms. The number of aliphatic hydroxyl groups is 1. The third-order valence-electron chi connectivity index (χ3n) is 1.69. The highest BCUT2D eigenvalue weighted by molar-refractivity contribution is 9.10. The van der Waals surface area contributed by atoms with Crippen LogP contribution in [0.15, 0.2) is 22.7 Å². The minimum Gasteiger partial charge on any atom is -0.392 e. The summed E-state index contributed by atoms with van der Waals surface area (Å²) >= 11 is 3.29. The van der Waals surface area contributed by atoms with Crippen LogP contribution >= 0.6 is 15.9 Å². The average molecular weight is 255 g/mol. The number of nitrogens with zero attached hydrogens (tertiary/aromatic N) is 1. The lowest BCUT2D eigenvalue weighted by molar-refractivity contribution is 0.208. The fourth-order valence-electron chi connectivity index (χ4n) is 0.981. The lowest BCUT2D eigenvalue weighted by Crippen LogP contribution is -2.15. The van der Waals surface area contributed by atoms with Crippen LogP contribution in [0.1, 0.15) is 12.5 Å². The van der Waals surface area contributed by atoms with Crippen LogP contribution in [-0.4, -0.2) is 17.8 Å². The van der Waals surface area contributed by atoms with Gasteiger partial charge in [-0.15, -0.1) is 0 Å². The van der Waals surface area contributed by atoms with Gasteiger partial charge in [-0.2, -0.15) is 5.26 Å². The number of anilines is 1. The highest BCUT2D eigenvalue weighted by Gasteiger charge is 2.01. The molecule has 1 aromatic rings. The topological polar surface area (TPSA) is 56.0 Å². The van der Waals surface area contributed by atoms with Gasteiger partial charge in [0.1, 0.15) is 6.07 Å². The molecule has 0 aliphatic heterocycles. The van der Waals surface area contributed by atoms with Crippen molar-refractivity contribution in [2.75, 3.05) is 11.9 Å². The summed E-state index contributed by atoms with van der Waals surface area (Å²) < 4.78 is 0.760. The second-order valence-electron chi connectivity index (χ2n) is 3.04. The second-order valence-corrected chi connectivity index (χ2v) is 3.89. The Labute approximate surface area is 91.5 Å². The summed E-state index contributed by atoms with van der Waals surface area (Å²) in [6.45, 7) is 2.21. The number of aliphatic hydroxyl groups excluding tert-OH is 1. The summed E-state index contributed by atoms with van der Waals surface area (Å²) in [7, 11) is 0. The van der Waals surface area contributed by atoms with E-state index in [0.717, 1.165) is 10.2 Å². The van der Waals surface area contributed by atoms with Gasteiger partial charge in [0.05, 0.1) is 11.7 Å². The molecule has 0 aliphatic rings. The zero-order chi connectivity index (χ0) is 10.6. The van der Waals surface area contributed by atoms with E-state index in [1.807, 2.05) is 12.1 Å². The Kier molecular flexibility index (Phi) is 3.93. The molecule has 74 valence electrons. The Balaban J connectivity index is 2.73. The maximum absolute atomic E-state index is 9.06. The molecule has 1 unspecified atom stereocenters. The largest absolute Gasteiger partial charge is 0.392 e.